The maximum absolute atomic E-state index is 13.6. The molecule has 0 saturated heterocycles. The molecule has 0 fully saturated rings. The highest BCUT2D eigenvalue weighted by atomic mass is 79.9. The first-order valence-electron chi connectivity index (χ1n) is 5.82. The van der Waals surface area contributed by atoms with Gasteiger partial charge in [0, 0.05) is 11.4 Å². The Labute approximate surface area is 129 Å². The van der Waals surface area contributed by atoms with E-state index >= 15 is 0 Å². The predicted molar refractivity (Wildman–Crippen MR) is 80.1 cm³/mol. The third-order valence-corrected chi connectivity index (χ3v) is 3.66. The number of Topliss-reactive ketones (excluding diaryl/α,β-unsaturated/α-hetero) is 1. The van der Waals surface area contributed by atoms with Crippen molar-refractivity contribution in [2.45, 2.75) is 6.42 Å². The number of rotatable bonds is 4. The number of methoxy groups -OCH3 is 1. The van der Waals surface area contributed by atoms with Crippen molar-refractivity contribution in [1.29, 1.82) is 0 Å². The Bertz CT molecular complexity index is 658. The molecule has 0 bridgehead atoms. The first kappa shape index (κ1) is 15.0. The average molecular weight is 358 g/mol. The van der Waals surface area contributed by atoms with Gasteiger partial charge in [0.25, 0.3) is 0 Å². The summed E-state index contributed by atoms with van der Waals surface area (Å²) >= 11 is 9.13. The van der Waals surface area contributed by atoms with Crippen molar-refractivity contribution < 1.29 is 13.9 Å². The number of halogens is 3. The van der Waals surface area contributed by atoms with E-state index in [1.807, 2.05) is 0 Å². The smallest absolute Gasteiger partial charge is 0.170 e. The van der Waals surface area contributed by atoms with Crippen LogP contribution in [0.1, 0.15) is 15.9 Å². The van der Waals surface area contributed by atoms with Gasteiger partial charge in [0.15, 0.2) is 5.78 Å². The number of carbonyl (C=O) groups is 1. The second kappa shape index (κ2) is 6.37. The monoisotopic (exact) mass is 356 g/mol. The van der Waals surface area contributed by atoms with Gasteiger partial charge in [-0.15, -0.1) is 0 Å². The Morgan fingerprint density at radius 1 is 1.30 bits per heavy atom. The fraction of sp³-hybridized carbons (Fsp3) is 0.133. The second-order valence-electron chi connectivity index (χ2n) is 4.19. The van der Waals surface area contributed by atoms with Crippen molar-refractivity contribution in [1.82, 2.24) is 0 Å². The van der Waals surface area contributed by atoms with Crippen LogP contribution < -0.4 is 4.74 Å². The molecule has 0 heterocycles. The molecule has 0 aliphatic carbocycles. The molecular formula is C15H11BrClFO2. The Balaban J connectivity index is 2.23. The molecule has 0 aliphatic heterocycles. The summed E-state index contributed by atoms with van der Waals surface area (Å²) in [7, 11) is 1.56. The van der Waals surface area contributed by atoms with Gasteiger partial charge in [-0.05, 0) is 51.8 Å². The lowest BCUT2D eigenvalue weighted by atomic mass is 10.0. The number of hydrogen-bond donors (Lipinski definition) is 0. The average Bonchev–Trinajstić information content (AvgIpc) is 2.41. The van der Waals surface area contributed by atoms with Crippen LogP contribution in [0.25, 0.3) is 0 Å². The number of carbonyl (C=O) groups excluding carboxylic acids is 1. The molecule has 0 amide bonds. The fourth-order valence-electron chi connectivity index (χ4n) is 1.81. The Morgan fingerprint density at radius 3 is 2.70 bits per heavy atom. The molecule has 2 nitrogen and oxygen atoms in total. The van der Waals surface area contributed by atoms with Gasteiger partial charge in [0.05, 0.1) is 17.1 Å². The van der Waals surface area contributed by atoms with Gasteiger partial charge in [-0.3, -0.25) is 4.79 Å². The van der Waals surface area contributed by atoms with E-state index in [0.29, 0.717) is 10.8 Å². The van der Waals surface area contributed by atoms with Gasteiger partial charge in [0.1, 0.15) is 11.6 Å². The van der Waals surface area contributed by atoms with Crippen LogP contribution in [0.3, 0.4) is 0 Å². The van der Waals surface area contributed by atoms with E-state index in [9.17, 15) is 9.18 Å². The largest absolute Gasteiger partial charge is 0.496 e. The molecule has 0 spiro atoms. The van der Waals surface area contributed by atoms with E-state index in [1.165, 1.54) is 18.2 Å². The van der Waals surface area contributed by atoms with Crippen molar-refractivity contribution in [3.8, 4) is 5.75 Å². The van der Waals surface area contributed by atoms with E-state index in [4.69, 9.17) is 16.3 Å². The lowest BCUT2D eigenvalue weighted by Gasteiger charge is -2.07. The summed E-state index contributed by atoms with van der Waals surface area (Å²) in [5, 5.41) is 0.339. The van der Waals surface area contributed by atoms with E-state index in [1.54, 1.807) is 25.3 Å². The normalized spacial score (nSPS) is 10.4. The third kappa shape index (κ3) is 3.38. The minimum atomic E-state index is -0.563. The molecule has 104 valence electrons. The fourth-order valence-corrected chi connectivity index (χ4v) is 2.57. The summed E-state index contributed by atoms with van der Waals surface area (Å²) in [4.78, 5) is 12.1. The zero-order valence-corrected chi connectivity index (χ0v) is 13.0. The van der Waals surface area contributed by atoms with Crippen molar-refractivity contribution in [2.24, 2.45) is 0 Å². The standard InChI is InChI=1S/C15H11BrClFO2/c1-20-15-5-2-9(6-12(15)16)7-14(19)11-8-10(17)3-4-13(11)18/h2-6,8H,7H2,1H3. The summed E-state index contributed by atoms with van der Waals surface area (Å²) < 4.78 is 19.5. The highest BCUT2D eigenvalue weighted by molar-refractivity contribution is 9.10. The molecule has 0 aromatic heterocycles. The second-order valence-corrected chi connectivity index (χ2v) is 5.48. The zero-order chi connectivity index (χ0) is 14.7. The van der Waals surface area contributed by atoms with Gasteiger partial charge < -0.3 is 4.74 Å². The van der Waals surface area contributed by atoms with E-state index in [0.717, 1.165) is 10.0 Å². The highest BCUT2D eigenvalue weighted by Crippen LogP contribution is 2.26. The molecule has 0 unspecified atom stereocenters. The van der Waals surface area contributed by atoms with Gasteiger partial charge in [-0.25, -0.2) is 4.39 Å². The molecule has 2 rings (SSSR count). The van der Waals surface area contributed by atoms with Gasteiger partial charge in [0.2, 0.25) is 0 Å². The first-order valence-corrected chi connectivity index (χ1v) is 6.99. The van der Waals surface area contributed by atoms with Crippen LogP contribution in [0.2, 0.25) is 5.02 Å². The summed E-state index contributed by atoms with van der Waals surface area (Å²) in [6.07, 6.45) is 0.0971. The Hall–Kier alpha value is -1.39. The summed E-state index contributed by atoms with van der Waals surface area (Å²) in [6.45, 7) is 0. The van der Waals surface area contributed by atoms with Crippen LogP contribution in [0.5, 0.6) is 5.75 Å². The lowest BCUT2D eigenvalue weighted by molar-refractivity contribution is 0.0989. The van der Waals surface area contributed by atoms with Crippen molar-refractivity contribution in [3.63, 3.8) is 0 Å². The minimum absolute atomic E-state index is 0.00411. The highest BCUT2D eigenvalue weighted by Gasteiger charge is 2.13. The summed E-state index contributed by atoms with van der Waals surface area (Å²) in [5.74, 6) is -0.204. The van der Waals surface area contributed by atoms with Gasteiger partial charge >= 0.3 is 0 Å². The van der Waals surface area contributed by atoms with Gasteiger partial charge in [-0.2, -0.15) is 0 Å². The molecule has 2 aromatic rings. The quantitative estimate of drug-likeness (QED) is 0.743. The zero-order valence-electron chi connectivity index (χ0n) is 10.6. The number of hydrogen-bond acceptors (Lipinski definition) is 2. The minimum Gasteiger partial charge on any atom is -0.496 e. The molecule has 2 aromatic carbocycles. The maximum Gasteiger partial charge on any atom is 0.170 e. The molecule has 0 N–H and O–H groups in total. The Morgan fingerprint density at radius 2 is 2.05 bits per heavy atom. The van der Waals surface area contributed by atoms with Crippen LogP contribution >= 0.6 is 27.5 Å². The lowest BCUT2D eigenvalue weighted by Crippen LogP contribution is -2.06. The van der Waals surface area contributed by atoms with Crippen LogP contribution in [0.15, 0.2) is 40.9 Å². The first-order chi connectivity index (χ1) is 9.51. The Kier molecular flexibility index (Phi) is 4.78. The maximum atomic E-state index is 13.6. The SMILES string of the molecule is COc1ccc(CC(=O)c2cc(Cl)ccc2F)cc1Br. The predicted octanol–water partition coefficient (Wildman–Crippen LogP) is 4.68. The van der Waals surface area contributed by atoms with E-state index in [2.05, 4.69) is 15.9 Å². The third-order valence-electron chi connectivity index (χ3n) is 2.81. The van der Waals surface area contributed by atoms with Crippen molar-refractivity contribution in [3.05, 3.63) is 62.8 Å². The molecule has 0 aliphatic rings. The summed E-state index contributed by atoms with van der Waals surface area (Å²) in [6, 6.07) is 9.25. The van der Waals surface area contributed by atoms with Crippen LogP contribution in [-0.4, -0.2) is 12.9 Å². The van der Waals surface area contributed by atoms with E-state index < -0.39 is 5.82 Å². The molecule has 0 radical (unpaired) electrons. The summed E-state index contributed by atoms with van der Waals surface area (Å²) in [5.41, 5.74) is 0.770. The molecular weight excluding hydrogens is 347 g/mol. The van der Waals surface area contributed by atoms with E-state index in [-0.39, 0.29) is 17.8 Å². The van der Waals surface area contributed by atoms with Gasteiger partial charge in [-0.1, -0.05) is 17.7 Å². The van der Waals surface area contributed by atoms with Crippen molar-refractivity contribution in [2.75, 3.05) is 7.11 Å². The molecule has 0 saturated carbocycles. The topological polar surface area (TPSA) is 26.3 Å². The number of ketones is 1. The van der Waals surface area contributed by atoms with Crippen molar-refractivity contribution >= 4 is 33.3 Å². The number of ether oxygens (including phenoxy) is 1. The van der Waals surface area contributed by atoms with Crippen LogP contribution in [-0.2, 0) is 6.42 Å². The number of benzene rings is 2. The molecule has 0 atom stereocenters. The molecule has 20 heavy (non-hydrogen) atoms. The van der Waals surface area contributed by atoms with Crippen LogP contribution in [0, 0.1) is 5.82 Å². The van der Waals surface area contributed by atoms with Crippen LogP contribution in [0.4, 0.5) is 4.39 Å². The molecule has 5 heteroatoms.